The number of halogens is 1. The van der Waals surface area contributed by atoms with Gasteiger partial charge in [0.05, 0.1) is 11.9 Å². The summed E-state index contributed by atoms with van der Waals surface area (Å²) in [4.78, 5) is 12.8. The third kappa shape index (κ3) is 2.13. The first-order valence-corrected chi connectivity index (χ1v) is 8.35. The van der Waals surface area contributed by atoms with E-state index < -0.39 is 11.7 Å². The molecule has 27 heavy (non-hydrogen) atoms. The van der Waals surface area contributed by atoms with Gasteiger partial charge in [0, 0.05) is 12.7 Å². The highest BCUT2D eigenvalue weighted by Crippen LogP contribution is 2.43. The summed E-state index contributed by atoms with van der Waals surface area (Å²) < 4.78 is 26.6. The largest absolute Gasteiger partial charge is 0.369 e. The first kappa shape index (κ1) is 15.9. The van der Waals surface area contributed by atoms with Crippen molar-refractivity contribution in [2.75, 3.05) is 17.1 Å². The number of ether oxygens (including phenoxy) is 1. The maximum Gasteiger partial charge on any atom is 0.295 e. The van der Waals surface area contributed by atoms with Crippen molar-refractivity contribution in [3.63, 3.8) is 0 Å². The van der Waals surface area contributed by atoms with E-state index in [1.54, 1.807) is 23.5 Å². The van der Waals surface area contributed by atoms with Gasteiger partial charge in [-0.3, -0.25) is 4.57 Å². The summed E-state index contributed by atoms with van der Waals surface area (Å²) in [6.45, 7) is 3.65. The van der Waals surface area contributed by atoms with Crippen LogP contribution < -0.4 is 10.0 Å². The molecule has 5 rings (SSSR count). The van der Waals surface area contributed by atoms with Gasteiger partial charge in [0.15, 0.2) is 12.0 Å². The number of hydrazine groups is 1. The van der Waals surface area contributed by atoms with Crippen LogP contribution in [0.1, 0.15) is 31.5 Å². The highest BCUT2D eigenvalue weighted by atomic mass is 19.1. The van der Waals surface area contributed by atoms with Gasteiger partial charge in [-0.05, 0) is 25.1 Å². The maximum atomic E-state index is 14.4. The molecule has 0 bridgehead atoms. The molecule has 0 spiro atoms. The Balaban J connectivity index is 1.61. The Morgan fingerprint density at radius 3 is 2.89 bits per heavy atom. The standard InChI is InChI=1S/C17H16FN7O2/c1-17(2,26-3)14-21-16(22-27-14)23-9-20-13-10-6-4-5-7-11(10)24-12(25(13)23)8-19-15(24)18/h4-9,13H,1-3H3. The normalized spacial score (nSPS) is 17.9. The number of methoxy groups -OCH3 is 1. The number of hydrogen-bond donors (Lipinski definition) is 0. The molecule has 9 nitrogen and oxygen atoms in total. The van der Waals surface area contributed by atoms with Crippen LogP contribution in [0.15, 0.2) is 40.0 Å². The SMILES string of the molecule is COC(C)(C)c1nc(N2C=NC3c4ccccc4-n4c(cnc4F)N32)no1. The van der Waals surface area contributed by atoms with E-state index in [1.165, 1.54) is 10.8 Å². The third-order valence-corrected chi connectivity index (χ3v) is 4.82. The summed E-state index contributed by atoms with van der Waals surface area (Å²) in [6, 6.07) is 7.49. The van der Waals surface area contributed by atoms with E-state index in [1.807, 2.05) is 38.1 Å². The quantitative estimate of drug-likeness (QED) is 0.701. The van der Waals surface area contributed by atoms with E-state index in [-0.39, 0.29) is 12.1 Å². The van der Waals surface area contributed by atoms with Gasteiger partial charge in [0.1, 0.15) is 11.9 Å². The molecule has 0 fully saturated rings. The minimum Gasteiger partial charge on any atom is -0.369 e. The lowest BCUT2D eigenvalue weighted by Gasteiger charge is -2.35. The number of aromatic nitrogens is 4. The second-order valence-electron chi connectivity index (χ2n) is 6.72. The molecule has 1 atom stereocenters. The average molecular weight is 369 g/mol. The van der Waals surface area contributed by atoms with Crippen molar-refractivity contribution in [1.82, 2.24) is 19.7 Å². The number of nitrogens with zero attached hydrogens (tertiary/aromatic N) is 7. The predicted octanol–water partition coefficient (Wildman–Crippen LogP) is 2.56. The molecular formula is C17H16FN7O2. The summed E-state index contributed by atoms with van der Waals surface area (Å²) in [5, 5.41) is 7.43. The zero-order valence-electron chi connectivity index (χ0n) is 14.9. The van der Waals surface area contributed by atoms with Gasteiger partial charge in [-0.25, -0.2) is 20.0 Å². The molecule has 2 aliphatic rings. The Morgan fingerprint density at radius 2 is 2.07 bits per heavy atom. The van der Waals surface area contributed by atoms with Gasteiger partial charge in [0.25, 0.3) is 17.9 Å². The molecule has 1 aromatic carbocycles. The van der Waals surface area contributed by atoms with Gasteiger partial charge in [0.2, 0.25) is 0 Å². The number of para-hydroxylation sites is 1. The van der Waals surface area contributed by atoms with Crippen molar-refractivity contribution in [1.29, 1.82) is 0 Å². The van der Waals surface area contributed by atoms with Crippen LogP contribution >= 0.6 is 0 Å². The van der Waals surface area contributed by atoms with E-state index in [9.17, 15) is 4.39 Å². The van der Waals surface area contributed by atoms with Crippen LogP contribution in [0.4, 0.5) is 16.2 Å². The van der Waals surface area contributed by atoms with E-state index in [0.29, 0.717) is 17.4 Å². The van der Waals surface area contributed by atoms with Crippen molar-refractivity contribution in [2.45, 2.75) is 25.6 Å². The van der Waals surface area contributed by atoms with Crippen LogP contribution in [0.25, 0.3) is 5.69 Å². The first-order chi connectivity index (χ1) is 13.0. The fourth-order valence-electron chi connectivity index (χ4n) is 3.21. The lowest BCUT2D eigenvalue weighted by Crippen LogP contribution is -2.43. The lowest BCUT2D eigenvalue weighted by atomic mass is 10.1. The van der Waals surface area contributed by atoms with Crippen LogP contribution in [-0.2, 0) is 10.3 Å². The van der Waals surface area contributed by atoms with Crippen LogP contribution in [0.3, 0.4) is 0 Å². The van der Waals surface area contributed by atoms with Gasteiger partial charge in [-0.15, -0.1) is 0 Å². The number of benzene rings is 1. The number of hydrogen-bond acceptors (Lipinski definition) is 8. The van der Waals surface area contributed by atoms with Crippen molar-refractivity contribution < 1.29 is 13.7 Å². The molecule has 0 aliphatic carbocycles. The number of aliphatic imine (C=N–C) groups is 1. The fourth-order valence-corrected chi connectivity index (χ4v) is 3.21. The van der Waals surface area contributed by atoms with Crippen molar-refractivity contribution in [3.8, 4) is 5.69 Å². The predicted molar refractivity (Wildman–Crippen MR) is 94.0 cm³/mol. The minimum absolute atomic E-state index is 0.272. The second-order valence-corrected chi connectivity index (χ2v) is 6.72. The Kier molecular flexibility index (Phi) is 3.17. The summed E-state index contributed by atoms with van der Waals surface area (Å²) in [5.74, 6) is 1.12. The first-order valence-electron chi connectivity index (χ1n) is 8.35. The Morgan fingerprint density at radius 1 is 1.26 bits per heavy atom. The molecule has 3 aromatic rings. The molecule has 1 unspecified atom stereocenters. The van der Waals surface area contributed by atoms with Crippen molar-refractivity contribution >= 4 is 18.1 Å². The van der Waals surface area contributed by atoms with Crippen LogP contribution in [0, 0.1) is 6.08 Å². The fraction of sp³-hybridized carbons (Fsp3) is 0.294. The number of fused-ring (bicyclic) bond motifs is 6. The summed E-state index contributed by atoms with van der Waals surface area (Å²) >= 11 is 0. The highest BCUT2D eigenvalue weighted by Gasteiger charge is 2.41. The minimum atomic E-state index is -0.732. The van der Waals surface area contributed by atoms with Crippen molar-refractivity contribution in [2.24, 2.45) is 4.99 Å². The molecule has 10 heteroatoms. The van der Waals surface area contributed by atoms with Gasteiger partial charge in [-0.2, -0.15) is 9.37 Å². The molecule has 2 aliphatic heterocycles. The molecule has 0 saturated heterocycles. The zero-order valence-corrected chi connectivity index (χ0v) is 14.9. The van der Waals surface area contributed by atoms with E-state index >= 15 is 0 Å². The second kappa shape index (κ2) is 5.36. The summed E-state index contributed by atoms with van der Waals surface area (Å²) in [5.41, 5.74) is 0.822. The van der Waals surface area contributed by atoms with Crippen LogP contribution in [0.5, 0.6) is 0 Å². The highest BCUT2D eigenvalue weighted by molar-refractivity contribution is 5.85. The molecule has 0 N–H and O–H groups in total. The summed E-state index contributed by atoms with van der Waals surface area (Å²) in [7, 11) is 1.57. The third-order valence-electron chi connectivity index (χ3n) is 4.82. The smallest absolute Gasteiger partial charge is 0.295 e. The molecule has 138 valence electrons. The average Bonchev–Trinajstić information content (AvgIpc) is 3.39. The molecule has 0 amide bonds. The summed E-state index contributed by atoms with van der Waals surface area (Å²) in [6.07, 6.45) is 2.08. The van der Waals surface area contributed by atoms with E-state index in [0.717, 1.165) is 5.56 Å². The molecule has 2 aromatic heterocycles. The maximum absolute atomic E-state index is 14.4. The molecule has 4 heterocycles. The molecular weight excluding hydrogens is 353 g/mol. The Bertz CT molecular complexity index is 1060. The van der Waals surface area contributed by atoms with Gasteiger partial charge in [-0.1, -0.05) is 18.2 Å². The van der Waals surface area contributed by atoms with Crippen LogP contribution in [0.2, 0.25) is 0 Å². The topological polar surface area (TPSA) is 84.8 Å². The Hall–Kier alpha value is -3.27. The van der Waals surface area contributed by atoms with Gasteiger partial charge >= 0.3 is 0 Å². The number of imidazole rings is 1. The Labute approximate surface area is 153 Å². The monoisotopic (exact) mass is 369 g/mol. The van der Waals surface area contributed by atoms with E-state index in [2.05, 4.69) is 20.1 Å². The van der Waals surface area contributed by atoms with Gasteiger partial charge < -0.3 is 9.26 Å². The van der Waals surface area contributed by atoms with Crippen LogP contribution in [-0.4, -0.2) is 33.1 Å². The number of rotatable bonds is 3. The molecule has 0 saturated carbocycles. The van der Waals surface area contributed by atoms with E-state index in [4.69, 9.17) is 9.26 Å². The molecule has 0 radical (unpaired) electrons. The van der Waals surface area contributed by atoms with Crippen molar-refractivity contribution in [3.05, 3.63) is 48.0 Å². The lowest BCUT2D eigenvalue weighted by molar-refractivity contribution is -0.00786. The zero-order chi connectivity index (χ0) is 18.8. The number of anilines is 2.